The molecule has 1 aliphatic heterocycles. The Morgan fingerprint density at radius 3 is 2.68 bits per heavy atom. The quantitative estimate of drug-likeness (QED) is 0.561. The van der Waals surface area contributed by atoms with Crippen LogP contribution in [0.5, 0.6) is 5.75 Å². The van der Waals surface area contributed by atoms with Crippen LogP contribution in [0.15, 0.2) is 65.7 Å². The summed E-state index contributed by atoms with van der Waals surface area (Å²) < 4.78 is 47.1. The van der Waals surface area contributed by atoms with E-state index in [2.05, 4.69) is 15.0 Å². The van der Waals surface area contributed by atoms with Crippen LogP contribution in [0, 0.1) is 5.82 Å². The van der Waals surface area contributed by atoms with Crippen LogP contribution in [0.25, 0.3) is 0 Å². The largest absolute Gasteiger partial charge is 0.487 e. The van der Waals surface area contributed by atoms with Gasteiger partial charge in [-0.05, 0) is 30.3 Å². The van der Waals surface area contributed by atoms with E-state index in [1.165, 1.54) is 17.0 Å². The van der Waals surface area contributed by atoms with E-state index in [0.29, 0.717) is 18.8 Å². The van der Waals surface area contributed by atoms with Crippen LogP contribution >= 0.6 is 0 Å². The Kier molecular flexibility index (Phi) is 5.96. The molecule has 0 bridgehead atoms. The van der Waals surface area contributed by atoms with Crippen LogP contribution in [-0.4, -0.2) is 53.9 Å². The van der Waals surface area contributed by atoms with E-state index >= 15 is 0 Å². The molecular weight excluding hydrogens is 425 g/mol. The number of nitrogens with zero attached hydrogens (tertiary/aromatic N) is 4. The van der Waals surface area contributed by atoms with Crippen molar-refractivity contribution in [2.45, 2.75) is 17.5 Å². The minimum absolute atomic E-state index is 0.0400. The van der Waals surface area contributed by atoms with Crippen molar-refractivity contribution in [3.8, 4) is 5.75 Å². The highest BCUT2D eigenvalue weighted by Gasteiger charge is 2.33. The van der Waals surface area contributed by atoms with E-state index in [1.54, 1.807) is 10.9 Å². The van der Waals surface area contributed by atoms with Gasteiger partial charge in [0.1, 0.15) is 23.9 Å². The summed E-state index contributed by atoms with van der Waals surface area (Å²) in [5.74, 6) is -0.303. The highest BCUT2D eigenvalue weighted by Crippen LogP contribution is 2.21. The van der Waals surface area contributed by atoms with Gasteiger partial charge in [-0.3, -0.25) is 4.79 Å². The SMILES string of the molecule is O=C(CNS(=O)(=O)c1cccc(F)c1)N1CC(n2cc(COc3ccccc3)nn2)C1. The summed E-state index contributed by atoms with van der Waals surface area (Å²) in [4.78, 5) is 13.6. The maximum atomic E-state index is 13.2. The maximum Gasteiger partial charge on any atom is 0.241 e. The summed E-state index contributed by atoms with van der Waals surface area (Å²) in [6, 6.07) is 13.9. The van der Waals surface area contributed by atoms with Crippen LogP contribution in [-0.2, 0) is 21.4 Å². The molecule has 9 nitrogen and oxygen atoms in total. The number of amides is 1. The smallest absolute Gasteiger partial charge is 0.241 e. The molecule has 2 aromatic carbocycles. The van der Waals surface area contributed by atoms with Gasteiger partial charge in [0.05, 0.1) is 23.7 Å². The topological polar surface area (TPSA) is 106 Å². The van der Waals surface area contributed by atoms with Crippen LogP contribution in [0.3, 0.4) is 0 Å². The Hall–Kier alpha value is -3.31. The zero-order valence-electron chi connectivity index (χ0n) is 16.4. The maximum absolute atomic E-state index is 13.2. The van der Waals surface area contributed by atoms with Crippen LogP contribution < -0.4 is 9.46 Å². The zero-order valence-corrected chi connectivity index (χ0v) is 17.2. The predicted molar refractivity (Wildman–Crippen MR) is 108 cm³/mol. The van der Waals surface area contributed by atoms with E-state index in [4.69, 9.17) is 4.74 Å². The Labute approximate surface area is 178 Å². The van der Waals surface area contributed by atoms with Gasteiger partial charge in [0, 0.05) is 13.1 Å². The Morgan fingerprint density at radius 1 is 1.16 bits per heavy atom. The second-order valence-electron chi connectivity index (χ2n) is 7.03. The highest BCUT2D eigenvalue weighted by molar-refractivity contribution is 7.89. The van der Waals surface area contributed by atoms with Crippen molar-refractivity contribution in [2.75, 3.05) is 19.6 Å². The number of rotatable bonds is 8. The molecule has 3 aromatic rings. The van der Waals surface area contributed by atoms with Gasteiger partial charge >= 0.3 is 0 Å². The van der Waals surface area contributed by atoms with Gasteiger partial charge in [-0.25, -0.2) is 22.2 Å². The summed E-state index contributed by atoms with van der Waals surface area (Å²) in [7, 11) is -3.97. The number of aromatic nitrogens is 3. The van der Waals surface area contributed by atoms with E-state index < -0.39 is 22.4 Å². The minimum atomic E-state index is -3.97. The summed E-state index contributed by atoms with van der Waals surface area (Å²) in [6.45, 7) is 0.659. The Balaban J connectivity index is 1.24. The van der Waals surface area contributed by atoms with Crippen LogP contribution in [0.1, 0.15) is 11.7 Å². The fraction of sp³-hybridized carbons (Fsp3) is 0.250. The molecule has 1 saturated heterocycles. The first-order valence-electron chi connectivity index (χ1n) is 9.52. The van der Waals surface area contributed by atoms with E-state index in [1.807, 2.05) is 30.3 Å². The lowest BCUT2D eigenvalue weighted by Gasteiger charge is -2.38. The van der Waals surface area contributed by atoms with Crippen molar-refractivity contribution in [1.82, 2.24) is 24.6 Å². The number of hydrogen-bond acceptors (Lipinski definition) is 6. The average Bonchev–Trinajstić information content (AvgIpc) is 3.19. The van der Waals surface area contributed by atoms with E-state index in [9.17, 15) is 17.6 Å². The zero-order chi connectivity index (χ0) is 21.8. The van der Waals surface area contributed by atoms with E-state index in [-0.39, 0.29) is 23.5 Å². The van der Waals surface area contributed by atoms with Crippen LogP contribution in [0.4, 0.5) is 4.39 Å². The number of halogens is 1. The van der Waals surface area contributed by atoms with Gasteiger partial charge in [-0.15, -0.1) is 5.10 Å². The molecule has 0 atom stereocenters. The summed E-state index contributed by atoms with van der Waals surface area (Å²) in [6.07, 6.45) is 1.77. The predicted octanol–water partition coefficient (Wildman–Crippen LogP) is 1.36. The lowest BCUT2D eigenvalue weighted by Crippen LogP contribution is -2.53. The molecule has 1 aliphatic rings. The Morgan fingerprint density at radius 2 is 1.94 bits per heavy atom. The Bertz CT molecular complexity index is 1160. The number of hydrogen-bond donors (Lipinski definition) is 1. The lowest BCUT2D eigenvalue weighted by molar-refractivity contribution is -0.135. The van der Waals surface area contributed by atoms with Crippen molar-refractivity contribution < 1.29 is 22.3 Å². The van der Waals surface area contributed by atoms with Crippen molar-refractivity contribution in [1.29, 1.82) is 0 Å². The first-order chi connectivity index (χ1) is 14.9. The van der Waals surface area contributed by atoms with Gasteiger partial charge in [0.25, 0.3) is 0 Å². The van der Waals surface area contributed by atoms with Gasteiger partial charge < -0.3 is 9.64 Å². The summed E-state index contributed by atoms with van der Waals surface area (Å²) in [5, 5.41) is 8.15. The molecule has 0 saturated carbocycles. The van der Waals surface area contributed by atoms with Crippen molar-refractivity contribution >= 4 is 15.9 Å². The molecule has 0 spiro atoms. The van der Waals surface area contributed by atoms with Crippen LogP contribution in [0.2, 0.25) is 0 Å². The van der Waals surface area contributed by atoms with Gasteiger partial charge in [0.2, 0.25) is 15.9 Å². The second-order valence-corrected chi connectivity index (χ2v) is 8.79. The number of nitrogens with one attached hydrogen (secondary N) is 1. The number of ether oxygens (including phenoxy) is 1. The van der Waals surface area contributed by atoms with Crippen molar-refractivity contribution in [2.24, 2.45) is 0 Å². The number of sulfonamides is 1. The standard InChI is InChI=1S/C20H20FN5O4S/c21-15-5-4-8-19(9-15)31(28,29)22-10-20(27)25-12-17(13-25)26-11-16(23-24-26)14-30-18-6-2-1-3-7-18/h1-9,11,17,22H,10,12-14H2. The number of carbonyl (C=O) groups excluding carboxylic acids is 1. The molecule has 0 aliphatic carbocycles. The molecule has 0 unspecified atom stereocenters. The molecule has 2 heterocycles. The third-order valence-corrected chi connectivity index (χ3v) is 6.20. The fourth-order valence-electron chi connectivity index (χ4n) is 3.04. The molecule has 0 radical (unpaired) electrons. The third-order valence-electron chi connectivity index (χ3n) is 4.80. The van der Waals surface area contributed by atoms with Gasteiger partial charge in [-0.2, -0.15) is 0 Å². The molecular formula is C20H20FN5O4S. The minimum Gasteiger partial charge on any atom is -0.487 e. The third kappa shape index (κ3) is 5.06. The molecule has 1 fully saturated rings. The van der Waals surface area contributed by atoms with Crippen molar-refractivity contribution in [3.63, 3.8) is 0 Å². The molecule has 1 amide bonds. The van der Waals surface area contributed by atoms with Gasteiger partial charge in [-0.1, -0.05) is 29.5 Å². The summed E-state index contributed by atoms with van der Waals surface area (Å²) >= 11 is 0. The number of likely N-dealkylation sites (tertiary alicyclic amines) is 1. The second kappa shape index (κ2) is 8.82. The molecule has 4 rings (SSSR count). The number of para-hydroxylation sites is 1. The first kappa shape index (κ1) is 20.9. The average molecular weight is 445 g/mol. The molecule has 1 N–H and O–H groups in total. The van der Waals surface area contributed by atoms with Crippen molar-refractivity contribution in [3.05, 3.63) is 72.3 Å². The molecule has 11 heteroatoms. The first-order valence-corrected chi connectivity index (χ1v) is 11.0. The molecule has 162 valence electrons. The van der Waals surface area contributed by atoms with Gasteiger partial charge in [0.15, 0.2) is 0 Å². The monoisotopic (exact) mass is 445 g/mol. The molecule has 31 heavy (non-hydrogen) atoms. The fourth-order valence-corrected chi connectivity index (χ4v) is 4.05. The highest BCUT2D eigenvalue weighted by atomic mass is 32.2. The van der Waals surface area contributed by atoms with E-state index in [0.717, 1.165) is 17.9 Å². The number of benzene rings is 2. The lowest BCUT2D eigenvalue weighted by atomic mass is 10.1. The summed E-state index contributed by atoms with van der Waals surface area (Å²) in [5.41, 5.74) is 0.663. The number of carbonyl (C=O) groups is 1. The molecule has 1 aromatic heterocycles. The normalized spacial score (nSPS) is 14.3.